The number of nitrogens with zero attached hydrogens (tertiary/aromatic N) is 3. The number of amidine groups is 1. The van der Waals surface area contributed by atoms with Gasteiger partial charge < -0.3 is 27.0 Å². The number of hydrogen-bond donors (Lipinski definition) is 5. The van der Waals surface area contributed by atoms with Gasteiger partial charge in [0.1, 0.15) is 17.4 Å². The van der Waals surface area contributed by atoms with Crippen LogP contribution in [0.3, 0.4) is 0 Å². The highest BCUT2D eigenvalue weighted by molar-refractivity contribution is 5.98. The Morgan fingerprint density at radius 2 is 2.36 bits per heavy atom. The van der Waals surface area contributed by atoms with E-state index < -0.39 is 5.91 Å². The van der Waals surface area contributed by atoms with Crippen LogP contribution in [0.1, 0.15) is 6.42 Å². The van der Waals surface area contributed by atoms with Crippen molar-refractivity contribution < 1.29 is 4.79 Å². The molecular formula is C16H20N8O. The molecule has 0 bridgehead atoms. The van der Waals surface area contributed by atoms with Crippen LogP contribution in [-0.4, -0.2) is 47.0 Å². The molecule has 9 heteroatoms. The van der Waals surface area contributed by atoms with Crippen molar-refractivity contribution in [1.29, 1.82) is 0 Å². The lowest BCUT2D eigenvalue weighted by Gasteiger charge is -2.24. The maximum Gasteiger partial charge on any atom is 0.268 e. The van der Waals surface area contributed by atoms with Gasteiger partial charge in [0.15, 0.2) is 0 Å². The Hall–Kier alpha value is -3.07. The van der Waals surface area contributed by atoms with Gasteiger partial charge in [0.05, 0.1) is 30.0 Å². The molecule has 0 saturated carbocycles. The van der Waals surface area contributed by atoms with Crippen LogP contribution < -0.4 is 27.0 Å². The van der Waals surface area contributed by atoms with Crippen molar-refractivity contribution in [2.24, 2.45) is 10.7 Å². The molecule has 9 nitrogen and oxygen atoms in total. The highest BCUT2D eigenvalue weighted by Gasteiger charge is 2.23. The van der Waals surface area contributed by atoms with Crippen LogP contribution in [-0.2, 0) is 4.79 Å². The molecule has 1 fully saturated rings. The number of pyridine rings is 1. The highest BCUT2D eigenvalue weighted by atomic mass is 16.1. The minimum Gasteiger partial charge on any atom is -0.370 e. The van der Waals surface area contributed by atoms with Gasteiger partial charge in [-0.25, -0.2) is 4.52 Å². The number of aliphatic imine (C=N–C) groups is 1. The van der Waals surface area contributed by atoms with E-state index >= 15 is 0 Å². The SMILES string of the molecule is NC(=O)C1=C(Nc2cnn3ccccc23)NC(=N[C@@H]2CCNC2)CN1. The highest BCUT2D eigenvalue weighted by Crippen LogP contribution is 2.18. The Kier molecular flexibility index (Phi) is 3.98. The predicted octanol–water partition coefficient (Wildman–Crippen LogP) is -0.646. The van der Waals surface area contributed by atoms with Gasteiger partial charge in [-0.15, -0.1) is 0 Å². The van der Waals surface area contributed by atoms with Gasteiger partial charge >= 0.3 is 0 Å². The van der Waals surface area contributed by atoms with Crippen molar-refractivity contribution in [2.75, 3.05) is 25.0 Å². The molecule has 1 atom stereocenters. The Morgan fingerprint density at radius 3 is 3.16 bits per heavy atom. The van der Waals surface area contributed by atoms with Crippen LogP contribution in [0.4, 0.5) is 5.69 Å². The van der Waals surface area contributed by atoms with E-state index in [0.717, 1.165) is 36.6 Å². The van der Waals surface area contributed by atoms with Crippen molar-refractivity contribution in [3.63, 3.8) is 0 Å². The van der Waals surface area contributed by atoms with Crippen LogP contribution in [0.5, 0.6) is 0 Å². The lowest BCUT2D eigenvalue weighted by Crippen LogP contribution is -2.47. The molecule has 0 unspecified atom stereocenters. The zero-order chi connectivity index (χ0) is 17.2. The van der Waals surface area contributed by atoms with Crippen LogP contribution in [0.2, 0.25) is 0 Å². The first kappa shape index (κ1) is 15.5. The Balaban J connectivity index is 1.62. The van der Waals surface area contributed by atoms with Gasteiger partial charge in [0, 0.05) is 12.7 Å². The van der Waals surface area contributed by atoms with Crippen LogP contribution in [0.15, 0.2) is 47.1 Å². The molecule has 0 aliphatic carbocycles. The number of fused-ring (bicyclic) bond motifs is 1. The Bertz CT molecular complexity index is 862. The topological polar surface area (TPSA) is 121 Å². The lowest BCUT2D eigenvalue weighted by molar-refractivity contribution is -0.115. The number of nitrogens with two attached hydrogens (primary N) is 1. The molecule has 25 heavy (non-hydrogen) atoms. The first-order valence-electron chi connectivity index (χ1n) is 8.22. The van der Waals surface area contributed by atoms with Crippen molar-refractivity contribution in [3.05, 3.63) is 42.1 Å². The molecule has 130 valence electrons. The van der Waals surface area contributed by atoms with Crippen LogP contribution in [0, 0.1) is 0 Å². The van der Waals surface area contributed by atoms with Gasteiger partial charge in [-0.1, -0.05) is 6.07 Å². The maximum atomic E-state index is 11.8. The molecule has 4 rings (SSSR count). The Labute approximate surface area is 144 Å². The molecule has 1 amide bonds. The quantitative estimate of drug-likeness (QED) is 0.505. The maximum absolute atomic E-state index is 11.8. The first-order chi connectivity index (χ1) is 12.2. The number of aromatic nitrogens is 2. The number of nitrogens with one attached hydrogen (secondary N) is 4. The molecule has 0 aromatic carbocycles. The van der Waals surface area contributed by atoms with E-state index in [1.54, 1.807) is 10.7 Å². The lowest BCUT2D eigenvalue weighted by atomic mass is 10.2. The third kappa shape index (κ3) is 3.13. The first-order valence-corrected chi connectivity index (χ1v) is 8.22. The van der Waals surface area contributed by atoms with E-state index in [0.29, 0.717) is 18.1 Å². The smallest absolute Gasteiger partial charge is 0.268 e. The molecule has 2 aliphatic rings. The molecular weight excluding hydrogens is 320 g/mol. The molecule has 4 heterocycles. The standard InChI is InChI=1S/C16H20N8O/c17-15(25)14-16(22-11-8-20-24-6-2-1-3-12(11)24)23-13(9-19-14)21-10-4-5-18-7-10/h1-3,6,8,10,18-19,22H,4-5,7,9H2,(H2,17,25)(H,21,23)/t10-/m1/s1. The summed E-state index contributed by atoms with van der Waals surface area (Å²) in [5.74, 6) is 0.730. The van der Waals surface area contributed by atoms with Crippen molar-refractivity contribution in [1.82, 2.24) is 25.6 Å². The average Bonchev–Trinajstić information content (AvgIpc) is 3.25. The minimum absolute atomic E-state index is 0.248. The molecule has 6 N–H and O–H groups in total. The van der Waals surface area contributed by atoms with E-state index in [-0.39, 0.29) is 6.04 Å². The summed E-state index contributed by atoms with van der Waals surface area (Å²) >= 11 is 0. The second kappa shape index (κ2) is 6.44. The summed E-state index contributed by atoms with van der Waals surface area (Å²) < 4.78 is 1.75. The second-order valence-corrected chi connectivity index (χ2v) is 6.03. The van der Waals surface area contributed by atoms with Crippen LogP contribution in [0.25, 0.3) is 5.52 Å². The van der Waals surface area contributed by atoms with E-state index in [1.807, 2.05) is 24.4 Å². The Morgan fingerprint density at radius 1 is 1.44 bits per heavy atom. The zero-order valence-electron chi connectivity index (χ0n) is 13.6. The van der Waals surface area contributed by atoms with Crippen molar-refractivity contribution in [2.45, 2.75) is 12.5 Å². The molecule has 0 radical (unpaired) electrons. The van der Waals surface area contributed by atoms with E-state index in [9.17, 15) is 4.79 Å². The summed E-state index contributed by atoms with van der Waals surface area (Å²) in [5, 5.41) is 17.0. The molecule has 2 aromatic rings. The van der Waals surface area contributed by atoms with Gasteiger partial charge in [-0.2, -0.15) is 5.10 Å². The molecule has 0 spiro atoms. The number of rotatable bonds is 4. The fraction of sp³-hybridized carbons (Fsp3) is 0.312. The summed E-state index contributed by atoms with van der Waals surface area (Å²) in [4.78, 5) is 16.5. The van der Waals surface area contributed by atoms with Crippen LogP contribution >= 0.6 is 0 Å². The normalized spacial score (nSPS) is 22.1. The van der Waals surface area contributed by atoms with Crippen molar-refractivity contribution in [3.8, 4) is 0 Å². The summed E-state index contributed by atoms with van der Waals surface area (Å²) in [7, 11) is 0. The predicted molar refractivity (Wildman–Crippen MR) is 94.9 cm³/mol. The van der Waals surface area contributed by atoms with Gasteiger partial charge in [0.2, 0.25) is 0 Å². The average molecular weight is 340 g/mol. The van der Waals surface area contributed by atoms with E-state index in [2.05, 4.69) is 26.4 Å². The fourth-order valence-corrected chi connectivity index (χ4v) is 3.03. The number of anilines is 1. The third-order valence-electron chi connectivity index (χ3n) is 4.26. The molecule has 2 aliphatic heterocycles. The fourth-order valence-electron chi connectivity index (χ4n) is 3.03. The summed E-state index contributed by atoms with van der Waals surface area (Å²) in [6.07, 6.45) is 4.57. The number of carbonyl (C=O) groups excluding carboxylic acids is 1. The monoisotopic (exact) mass is 340 g/mol. The van der Waals surface area contributed by atoms with Gasteiger partial charge in [0.25, 0.3) is 5.91 Å². The number of hydrogen-bond acceptors (Lipinski definition) is 6. The van der Waals surface area contributed by atoms with Gasteiger partial charge in [-0.05, 0) is 25.1 Å². The minimum atomic E-state index is -0.534. The summed E-state index contributed by atoms with van der Waals surface area (Å²) in [6.45, 7) is 2.29. The zero-order valence-corrected chi connectivity index (χ0v) is 13.6. The number of amides is 1. The molecule has 2 aromatic heterocycles. The molecule has 1 saturated heterocycles. The largest absolute Gasteiger partial charge is 0.370 e. The van der Waals surface area contributed by atoms with Crippen molar-refractivity contribution >= 4 is 22.9 Å². The van der Waals surface area contributed by atoms with E-state index in [1.165, 1.54) is 0 Å². The van der Waals surface area contributed by atoms with Gasteiger partial charge in [-0.3, -0.25) is 9.79 Å². The summed E-state index contributed by atoms with van der Waals surface area (Å²) in [6, 6.07) is 6.02. The van der Waals surface area contributed by atoms with E-state index in [4.69, 9.17) is 10.7 Å². The number of primary amides is 1. The third-order valence-corrected chi connectivity index (χ3v) is 4.26. The second-order valence-electron chi connectivity index (χ2n) is 6.03. The summed E-state index contributed by atoms with van der Waals surface area (Å²) in [5.41, 5.74) is 7.47. The number of carbonyl (C=O) groups is 1.